The first-order valence-electron chi connectivity index (χ1n) is 8.73. The first-order chi connectivity index (χ1) is 12.8. The van der Waals surface area contributed by atoms with Gasteiger partial charge in [0.05, 0.1) is 12.2 Å². The minimum absolute atomic E-state index is 0.0821. The van der Waals surface area contributed by atoms with Gasteiger partial charge in [0.15, 0.2) is 0 Å². The molecule has 0 aliphatic carbocycles. The van der Waals surface area contributed by atoms with Gasteiger partial charge >= 0.3 is 0 Å². The van der Waals surface area contributed by atoms with Crippen molar-refractivity contribution in [2.24, 2.45) is 0 Å². The van der Waals surface area contributed by atoms with Crippen molar-refractivity contribution in [3.63, 3.8) is 0 Å². The molecule has 26 heavy (non-hydrogen) atoms. The highest BCUT2D eigenvalue weighted by Gasteiger charge is 2.06. The van der Waals surface area contributed by atoms with Crippen molar-refractivity contribution >= 4 is 11.7 Å². The summed E-state index contributed by atoms with van der Waals surface area (Å²) in [5.74, 6) is 0.578. The Labute approximate surface area is 153 Å². The number of anilines is 1. The van der Waals surface area contributed by atoms with Gasteiger partial charge in [-0.05, 0) is 42.7 Å². The average molecular weight is 346 g/mol. The summed E-state index contributed by atoms with van der Waals surface area (Å²) in [6.07, 6.45) is 5.25. The number of carbonyl (C=O) groups excluding carboxylic acids is 1. The molecule has 3 aromatic rings. The Kier molecular flexibility index (Phi) is 6.31. The van der Waals surface area contributed by atoms with Crippen LogP contribution in [-0.2, 0) is 13.0 Å². The Bertz CT molecular complexity index is 822. The molecule has 0 aliphatic rings. The summed E-state index contributed by atoms with van der Waals surface area (Å²) >= 11 is 0. The van der Waals surface area contributed by atoms with Gasteiger partial charge in [0.2, 0.25) is 0 Å². The van der Waals surface area contributed by atoms with E-state index < -0.39 is 0 Å². The van der Waals surface area contributed by atoms with Crippen LogP contribution in [0.5, 0.6) is 0 Å². The van der Waals surface area contributed by atoms with Gasteiger partial charge in [-0.2, -0.15) is 0 Å². The molecule has 0 saturated heterocycles. The molecule has 1 aromatic carbocycles. The van der Waals surface area contributed by atoms with Gasteiger partial charge in [-0.15, -0.1) is 0 Å². The van der Waals surface area contributed by atoms with Crippen LogP contribution in [0.4, 0.5) is 5.82 Å². The Morgan fingerprint density at radius 2 is 1.77 bits per heavy atom. The number of carbonyl (C=O) groups is 1. The van der Waals surface area contributed by atoms with Crippen molar-refractivity contribution in [2.75, 3.05) is 11.9 Å². The van der Waals surface area contributed by atoms with E-state index in [2.05, 4.69) is 32.7 Å². The molecule has 0 fully saturated rings. The molecule has 5 heteroatoms. The minimum Gasteiger partial charge on any atom is -0.364 e. The molecular weight excluding hydrogens is 324 g/mol. The first-order valence-corrected chi connectivity index (χ1v) is 8.73. The fourth-order valence-corrected chi connectivity index (χ4v) is 2.59. The number of rotatable bonds is 8. The summed E-state index contributed by atoms with van der Waals surface area (Å²) in [5, 5.41) is 6.15. The van der Waals surface area contributed by atoms with E-state index >= 15 is 0 Å². The fourth-order valence-electron chi connectivity index (χ4n) is 2.59. The van der Waals surface area contributed by atoms with Crippen LogP contribution in [0.25, 0.3) is 0 Å². The molecule has 1 amide bonds. The minimum atomic E-state index is -0.0821. The Hall–Kier alpha value is -3.21. The summed E-state index contributed by atoms with van der Waals surface area (Å²) < 4.78 is 0. The number of nitrogens with zero attached hydrogens (tertiary/aromatic N) is 2. The molecule has 0 atom stereocenters. The predicted octanol–water partition coefficient (Wildman–Crippen LogP) is 3.45. The molecule has 0 saturated carbocycles. The van der Waals surface area contributed by atoms with Gasteiger partial charge < -0.3 is 10.6 Å². The number of benzene rings is 1. The summed E-state index contributed by atoms with van der Waals surface area (Å²) in [6.45, 7) is 1.21. The predicted molar refractivity (Wildman–Crippen MR) is 103 cm³/mol. The van der Waals surface area contributed by atoms with E-state index in [0.717, 1.165) is 18.5 Å². The van der Waals surface area contributed by atoms with Crippen LogP contribution < -0.4 is 10.6 Å². The zero-order valence-electron chi connectivity index (χ0n) is 14.6. The lowest BCUT2D eigenvalue weighted by Crippen LogP contribution is -2.25. The van der Waals surface area contributed by atoms with E-state index in [1.54, 1.807) is 24.5 Å². The normalized spacial score (nSPS) is 10.3. The SMILES string of the molecule is O=C(NCCCc1ccccc1)c1ccnc(NCc2ccccn2)c1. The third-order valence-corrected chi connectivity index (χ3v) is 3.97. The monoisotopic (exact) mass is 346 g/mol. The molecule has 0 unspecified atom stereocenters. The number of amides is 1. The lowest BCUT2D eigenvalue weighted by molar-refractivity contribution is 0.0953. The second kappa shape index (κ2) is 9.32. The number of aryl methyl sites for hydroxylation is 1. The molecule has 0 spiro atoms. The van der Waals surface area contributed by atoms with Gasteiger partial charge in [0.1, 0.15) is 5.82 Å². The molecule has 0 radical (unpaired) electrons. The van der Waals surface area contributed by atoms with Crippen molar-refractivity contribution in [3.8, 4) is 0 Å². The highest BCUT2D eigenvalue weighted by Crippen LogP contribution is 2.08. The van der Waals surface area contributed by atoms with Crippen molar-refractivity contribution in [2.45, 2.75) is 19.4 Å². The summed E-state index contributed by atoms with van der Waals surface area (Å²) in [7, 11) is 0. The Balaban J connectivity index is 1.46. The van der Waals surface area contributed by atoms with E-state index in [-0.39, 0.29) is 5.91 Å². The fraction of sp³-hybridized carbons (Fsp3) is 0.190. The standard InChI is InChI=1S/C21H22N4O/c26-21(24-13-6-9-17-7-2-1-3-8-17)18-11-14-23-20(15-18)25-16-19-10-4-5-12-22-19/h1-5,7-8,10-12,14-15H,6,9,13,16H2,(H,23,25)(H,24,26). The molecule has 0 bridgehead atoms. The van der Waals surface area contributed by atoms with Crippen molar-refractivity contribution < 1.29 is 4.79 Å². The molecule has 3 rings (SSSR count). The topological polar surface area (TPSA) is 66.9 Å². The summed E-state index contributed by atoms with van der Waals surface area (Å²) in [6, 6.07) is 19.5. The van der Waals surface area contributed by atoms with Crippen LogP contribution >= 0.6 is 0 Å². The van der Waals surface area contributed by atoms with Crippen LogP contribution in [0.1, 0.15) is 28.0 Å². The average Bonchev–Trinajstić information content (AvgIpc) is 2.71. The molecular formula is C21H22N4O. The smallest absolute Gasteiger partial charge is 0.251 e. The lowest BCUT2D eigenvalue weighted by atomic mass is 10.1. The number of hydrogen-bond acceptors (Lipinski definition) is 4. The highest BCUT2D eigenvalue weighted by molar-refractivity contribution is 5.94. The maximum atomic E-state index is 12.3. The second-order valence-electron chi connectivity index (χ2n) is 5.95. The number of hydrogen-bond donors (Lipinski definition) is 2. The molecule has 2 aromatic heterocycles. The molecule has 2 heterocycles. The van der Waals surface area contributed by atoms with Gasteiger partial charge in [-0.1, -0.05) is 36.4 Å². The quantitative estimate of drug-likeness (QED) is 0.613. The van der Waals surface area contributed by atoms with Crippen LogP contribution in [0.2, 0.25) is 0 Å². The van der Waals surface area contributed by atoms with Gasteiger partial charge in [0.25, 0.3) is 5.91 Å². The zero-order valence-corrected chi connectivity index (χ0v) is 14.6. The van der Waals surface area contributed by atoms with E-state index in [0.29, 0.717) is 24.5 Å². The number of pyridine rings is 2. The zero-order chi connectivity index (χ0) is 18.0. The van der Waals surface area contributed by atoms with Crippen LogP contribution in [0.15, 0.2) is 73.1 Å². The maximum absolute atomic E-state index is 12.3. The highest BCUT2D eigenvalue weighted by atomic mass is 16.1. The number of nitrogens with one attached hydrogen (secondary N) is 2. The lowest BCUT2D eigenvalue weighted by Gasteiger charge is -2.08. The Morgan fingerprint density at radius 3 is 2.58 bits per heavy atom. The third-order valence-electron chi connectivity index (χ3n) is 3.97. The molecule has 0 aliphatic heterocycles. The van der Waals surface area contributed by atoms with Gasteiger partial charge in [0, 0.05) is 24.5 Å². The molecule has 2 N–H and O–H groups in total. The summed E-state index contributed by atoms with van der Waals surface area (Å²) in [4.78, 5) is 20.8. The van der Waals surface area contributed by atoms with Crippen LogP contribution in [-0.4, -0.2) is 22.4 Å². The van der Waals surface area contributed by atoms with E-state index in [1.165, 1.54) is 5.56 Å². The molecule has 132 valence electrons. The largest absolute Gasteiger partial charge is 0.364 e. The van der Waals surface area contributed by atoms with Crippen molar-refractivity contribution in [3.05, 3.63) is 89.9 Å². The van der Waals surface area contributed by atoms with Crippen molar-refractivity contribution in [1.82, 2.24) is 15.3 Å². The Morgan fingerprint density at radius 1 is 0.923 bits per heavy atom. The number of aromatic nitrogens is 2. The maximum Gasteiger partial charge on any atom is 0.251 e. The van der Waals surface area contributed by atoms with Gasteiger partial charge in [-0.25, -0.2) is 4.98 Å². The molecule has 5 nitrogen and oxygen atoms in total. The second-order valence-corrected chi connectivity index (χ2v) is 5.95. The van der Waals surface area contributed by atoms with Crippen LogP contribution in [0.3, 0.4) is 0 Å². The van der Waals surface area contributed by atoms with E-state index in [4.69, 9.17) is 0 Å². The van der Waals surface area contributed by atoms with E-state index in [9.17, 15) is 4.79 Å². The van der Waals surface area contributed by atoms with Crippen LogP contribution in [0, 0.1) is 0 Å². The van der Waals surface area contributed by atoms with Crippen molar-refractivity contribution in [1.29, 1.82) is 0 Å². The first kappa shape index (κ1) is 17.6. The summed E-state index contributed by atoms with van der Waals surface area (Å²) in [5.41, 5.74) is 2.81. The third kappa shape index (κ3) is 5.41. The van der Waals surface area contributed by atoms with E-state index in [1.807, 2.05) is 36.4 Å². The van der Waals surface area contributed by atoms with Gasteiger partial charge in [-0.3, -0.25) is 9.78 Å².